The molecule has 3 rings (SSSR count). The second kappa shape index (κ2) is 9.90. The maximum absolute atomic E-state index is 12.8. The van der Waals surface area contributed by atoms with Gasteiger partial charge in [-0.2, -0.15) is 0 Å². The standard InChI is InChI=1S/C19H28N4O2.ClH/c1-20-10-5-8-18(24)22-14-12-21(13-15-22)17-9-11-23(19(17)25)16-6-3-2-4-7-16;/h2-4,6-7,17,20H,5,8-15H2,1H3;1H. The van der Waals surface area contributed by atoms with Crippen molar-refractivity contribution in [1.82, 2.24) is 15.1 Å². The highest BCUT2D eigenvalue weighted by atomic mass is 35.5. The summed E-state index contributed by atoms with van der Waals surface area (Å²) in [5.74, 6) is 0.429. The molecule has 1 unspecified atom stereocenters. The first-order valence-electron chi connectivity index (χ1n) is 9.23. The van der Waals surface area contributed by atoms with Crippen LogP contribution in [0.1, 0.15) is 19.3 Å². The van der Waals surface area contributed by atoms with Gasteiger partial charge in [0.15, 0.2) is 0 Å². The second-order valence-corrected chi connectivity index (χ2v) is 6.75. The molecule has 2 fully saturated rings. The molecule has 2 aliphatic heterocycles. The Morgan fingerprint density at radius 1 is 1.12 bits per heavy atom. The minimum Gasteiger partial charge on any atom is -0.340 e. The van der Waals surface area contributed by atoms with Gasteiger partial charge in [0.2, 0.25) is 11.8 Å². The molecule has 0 bridgehead atoms. The lowest BCUT2D eigenvalue weighted by molar-refractivity contribution is -0.133. The third-order valence-corrected chi connectivity index (χ3v) is 5.17. The van der Waals surface area contributed by atoms with Gasteiger partial charge in [0.25, 0.3) is 0 Å². The summed E-state index contributed by atoms with van der Waals surface area (Å²) in [6, 6.07) is 9.84. The van der Waals surface area contributed by atoms with Crippen molar-refractivity contribution in [2.24, 2.45) is 0 Å². The van der Waals surface area contributed by atoms with Crippen LogP contribution in [-0.2, 0) is 9.59 Å². The third-order valence-electron chi connectivity index (χ3n) is 5.17. The molecule has 2 heterocycles. The number of halogens is 1. The zero-order valence-electron chi connectivity index (χ0n) is 15.4. The number of benzene rings is 1. The van der Waals surface area contributed by atoms with Crippen LogP contribution in [0.5, 0.6) is 0 Å². The maximum atomic E-state index is 12.8. The number of nitrogens with zero attached hydrogens (tertiary/aromatic N) is 3. The Morgan fingerprint density at radius 2 is 1.81 bits per heavy atom. The van der Waals surface area contributed by atoms with E-state index in [2.05, 4.69) is 10.2 Å². The topological polar surface area (TPSA) is 55.9 Å². The molecule has 26 heavy (non-hydrogen) atoms. The Kier molecular flexibility index (Phi) is 7.87. The summed E-state index contributed by atoms with van der Waals surface area (Å²) in [5.41, 5.74) is 0.980. The van der Waals surface area contributed by atoms with E-state index >= 15 is 0 Å². The van der Waals surface area contributed by atoms with Crippen LogP contribution < -0.4 is 10.2 Å². The molecule has 0 spiro atoms. The van der Waals surface area contributed by atoms with E-state index < -0.39 is 0 Å². The van der Waals surface area contributed by atoms with Crippen LogP contribution in [0.2, 0.25) is 0 Å². The van der Waals surface area contributed by atoms with Gasteiger partial charge >= 0.3 is 0 Å². The predicted molar refractivity (Wildman–Crippen MR) is 106 cm³/mol. The van der Waals surface area contributed by atoms with E-state index in [1.807, 2.05) is 47.2 Å². The van der Waals surface area contributed by atoms with Crippen molar-refractivity contribution in [3.63, 3.8) is 0 Å². The van der Waals surface area contributed by atoms with Crippen LogP contribution in [0.15, 0.2) is 30.3 Å². The average Bonchev–Trinajstić information content (AvgIpc) is 3.04. The highest BCUT2D eigenvalue weighted by Crippen LogP contribution is 2.25. The molecular formula is C19H29ClN4O2. The van der Waals surface area contributed by atoms with E-state index in [-0.39, 0.29) is 30.3 Å². The number of carbonyl (C=O) groups excluding carboxylic acids is 2. The SMILES string of the molecule is CNCCCC(=O)N1CCN(C2CCN(c3ccccc3)C2=O)CC1.Cl. The van der Waals surface area contributed by atoms with Crippen molar-refractivity contribution in [3.8, 4) is 0 Å². The van der Waals surface area contributed by atoms with Crippen LogP contribution in [0.3, 0.4) is 0 Å². The summed E-state index contributed by atoms with van der Waals surface area (Å²) in [6.45, 7) is 4.68. The van der Waals surface area contributed by atoms with Crippen molar-refractivity contribution in [2.75, 3.05) is 51.2 Å². The Balaban J connectivity index is 0.00000243. The molecule has 1 N–H and O–H groups in total. The number of piperazine rings is 1. The molecule has 0 radical (unpaired) electrons. The van der Waals surface area contributed by atoms with Crippen LogP contribution in [0.25, 0.3) is 0 Å². The van der Waals surface area contributed by atoms with Crippen molar-refractivity contribution in [3.05, 3.63) is 30.3 Å². The maximum Gasteiger partial charge on any atom is 0.244 e. The van der Waals surface area contributed by atoms with E-state index in [4.69, 9.17) is 0 Å². The number of rotatable bonds is 6. The van der Waals surface area contributed by atoms with Crippen LogP contribution in [0.4, 0.5) is 5.69 Å². The fraction of sp³-hybridized carbons (Fsp3) is 0.579. The molecule has 1 aromatic carbocycles. The normalized spacial score (nSPS) is 21.0. The average molecular weight is 381 g/mol. The number of carbonyl (C=O) groups is 2. The van der Waals surface area contributed by atoms with Crippen molar-refractivity contribution in [2.45, 2.75) is 25.3 Å². The highest BCUT2D eigenvalue weighted by Gasteiger charge is 2.38. The predicted octanol–water partition coefficient (Wildman–Crippen LogP) is 1.36. The van der Waals surface area contributed by atoms with E-state index in [1.54, 1.807) is 0 Å². The Hall–Kier alpha value is -1.63. The third kappa shape index (κ3) is 4.75. The molecule has 0 aromatic heterocycles. The molecule has 0 aliphatic carbocycles. The minimum atomic E-state index is -0.0400. The van der Waals surface area contributed by atoms with E-state index in [1.165, 1.54) is 0 Å². The largest absolute Gasteiger partial charge is 0.340 e. The highest BCUT2D eigenvalue weighted by molar-refractivity contribution is 5.99. The minimum absolute atomic E-state index is 0. The molecule has 6 nitrogen and oxygen atoms in total. The van der Waals surface area contributed by atoms with Gasteiger partial charge in [-0.05, 0) is 38.6 Å². The van der Waals surface area contributed by atoms with E-state index in [0.717, 1.165) is 57.8 Å². The first-order chi connectivity index (χ1) is 12.2. The van der Waals surface area contributed by atoms with Gasteiger partial charge in [-0.3, -0.25) is 14.5 Å². The fourth-order valence-electron chi connectivity index (χ4n) is 3.73. The number of para-hydroxylation sites is 1. The van der Waals surface area contributed by atoms with Crippen molar-refractivity contribution >= 4 is 29.9 Å². The number of hydrogen-bond acceptors (Lipinski definition) is 4. The van der Waals surface area contributed by atoms with Crippen molar-refractivity contribution < 1.29 is 9.59 Å². The second-order valence-electron chi connectivity index (χ2n) is 6.75. The van der Waals surface area contributed by atoms with Gasteiger partial charge in [-0.1, -0.05) is 18.2 Å². The summed E-state index contributed by atoms with van der Waals surface area (Å²) in [4.78, 5) is 31.1. The van der Waals surface area contributed by atoms with Gasteiger partial charge in [-0.15, -0.1) is 12.4 Å². The van der Waals surface area contributed by atoms with Gasteiger partial charge in [0.05, 0.1) is 6.04 Å². The van der Waals surface area contributed by atoms with Gasteiger partial charge < -0.3 is 15.1 Å². The number of hydrogen-bond donors (Lipinski definition) is 1. The summed E-state index contributed by atoms with van der Waals surface area (Å²) < 4.78 is 0. The lowest BCUT2D eigenvalue weighted by atomic mass is 10.1. The lowest BCUT2D eigenvalue weighted by Gasteiger charge is -2.37. The Morgan fingerprint density at radius 3 is 2.46 bits per heavy atom. The van der Waals surface area contributed by atoms with Crippen LogP contribution >= 0.6 is 12.4 Å². The number of amides is 2. The van der Waals surface area contributed by atoms with Crippen LogP contribution in [0, 0.1) is 0 Å². The quantitative estimate of drug-likeness (QED) is 0.757. The molecule has 144 valence electrons. The molecule has 2 amide bonds. The zero-order chi connectivity index (χ0) is 17.6. The first-order valence-corrected chi connectivity index (χ1v) is 9.23. The summed E-state index contributed by atoms with van der Waals surface area (Å²) in [6.07, 6.45) is 2.34. The summed E-state index contributed by atoms with van der Waals surface area (Å²) in [7, 11) is 1.90. The molecule has 0 saturated carbocycles. The molecule has 2 saturated heterocycles. The zero-order valence-corrected chi connectivity index (χ0v) is 16.2. The number of anilines is 1. The smallest absolute Gasteiger partial charge is 0.244 e. The summed E-state index contributed by atoms with van der Waals surface area (Å²) in [5, 5.41) is 3.07. The lowest BCUT2D eigenvalue weighted by Crippen LogP contribution is -2.53. The van der Waals surface area contributed by atoms with E-state index in [0.29, 0.717) is 6.42 Å². The van der Waals surface area contributed by atoms with Gasteiger partial charge in [-0.25, -0.2) is 0 Å². The Labute approximate surface area is 161 Å². The Bertz CT molecular complexity index is 590. The summed E-state index contributed by atoms with van der Waals surface area (Å²) >= 11 is 0. The number of nitrogens with one attached hydrogen (secondary N) is 1. The molecule has 7 heteroatoms. The van der Waals surface area contributed by atoms with Crippen molar-refractivity contribution in [1.29, 1.82) is 0 Å². The van der Waals surface area contributed by atoms with Gasteiger partial charge in [0, 0.05) is 44.8 Å². The van der Waals surface area contributed by atoms with Crippen LogP contribution in [-0.4, -0.2) is 74.0 Å². The molecular weight excluding hydrogens is 352 g/mol. The monoisotopic (exact) mass is 380 g/mol. The molecule has 2 aliphatic rings. The molecule has 1 aromatic rings. The van der Waals surface area contributed by atoms with E-state index in [9.17, 15) is 9.59 Å². The molecule has 1 atom stereocenters. The van der Waals surface area contributed by atoms with Gasteiger partial charge in [0.1, 0.15) is 0 Å². The first kappa shape index (κ1) is 20.7. The fourth-order valence-corrected chi connectivity index (χ4v) is 3.73.